The molecule has 10 heteroatoms. The number of aromatic nitrogens is 1. The second kappa shape index (κ2) is 8.20. The summed E-state index contributed by atoms with van der Waals surface area (Å²) in [4.78, 5) is 17.2. The summed E-state index contributed by atoms with van der Waals surface area (Å²) >= 11 is 1.32. The number of sulfonamides is 1. The van der Waals surface area contributed by atoms with Crippen LogP contribution in [0.5, 0.6) is 11.5 Å². The van der Waals surface area contributed by atoms with E-state index in [2.05, 4.69) is 10.3 Å². The molecule has 1 aliphatic heterocycles. The number of carbonyl (C=O) groups excluding carboxylic acids is 1. The highest BCUT2D eigenvalue weighted by molar-refractivity contribution is 7.92. The van der Waals surface area contributed by atoms with Gasteiger partial charge in [-0.1, -0.05) is 0 Å². The van der Waals surface area contributed by atoms with Crippen molar-refractivity contribution in [2.45, 2.75) is 6.42 Å². The Hall–Kier alpha value is -3.11. The van der Waals surface area contributed by atoms with Crippen LogP contribution >= 0.6 is 11.3 Å². The van der Waals surface area contributed by atoms with E-state index >= 15 is 0 Å². The molecule has 1 aliphatic rings. The van der Waals surface area contributed by atoms with Crippen LogP contribution in [0.1, 0.15) is 15.9 Å². The topological polar surface area (TPSA) is 97.8 Å². The summed E-state index contributed by atoms with van der Waals surface area (Å²) in [6, 6.07) is 10.5. The van der Waals surface area contributed by atoms with Crippen molar-refractivity contribution in [3.63, 3.8) is 0 Å². The molecular weight excluding hydrogens is 438 g/mol. The number of nitrogens with zero attached hydrogens (tertiary/aromatic N) is 2. The zero-order valence-corrected chi connectivity index (χ0v) is 18.8. The van der Waals surface area contributed by atoms with Crippen LogP contribution in [0.4, 0.5) is 10.8 Å². The van der Waals surface area contributed by atoms with Gasteiger partial charge in [0.05, 0.1) is 31.9 Å². The number of fused-ring (bicyclic) bond motifs is 1. The summed E-state index contributed by atoms with van der Waals surface area (Å²) in [6.07, 6.45) is 1.76. The van der Waals surface area contributed by atoms with Gasteiger partial charge in [-0.3, -0.25) is 14.4 Å². The number of carbonyl (C=O) groups is 1. The second-order valence-electron chi connectivity index (χ2n) is 6.99. The van der Waals surface area contributed by atoms with Crippen LogP contribution in [-0.4, -0.2) is 46.3 Å². The molecule has 0 fully saturated rings. The van der Waals surface area contributed by atoms with Crippen LogP contribution in [0.25, 0.3) is 11.3 Å². The molecule has 1 aromatic heterocycles. The minimum Gasteiger partial charge on any atom is -0.493 e. The number of rotatable bonds is 6. The summed E-state index contributed by atoms with van der Waals surface area (Å²) in [5, 5.41) is 5.13. The largest absolute Gasteiger partial charge is 0.493 e. The maximum absolute atomic E-state index is 12.7. The number of amides is 1. The van der Waals surface area contributed by atoms with Gasteiger partial charge in [-0.2, -0.15) is 0 Å². The van der Waals surface area contributed by atoms with Crippen LogP contribution < -0.4 is 19.1 Å². The first kappa shape index (κ1) is 21.1. The first-order valence-corrected chi connectivity index (χ1v) is 12.1. The third-order valence-electron chi connectivity index (χ3n) is 5.00. The normalized spacial score (nSPS) is 13.1. The molecule has 8 nitrogen and oxygen atoms in total. The number of hydrogen-bond donors (Lipinski definition) is 1. The maximum Gasteiger partial charge on any atom is 0.257 e. The number of methoxy groups -OCH3 is 2. The molecule has 0 saturated heterocycles. The molecule has 2 heterocycles. The SMILES string of the molecule is COc1ccc(-c2csc(NC(=O)c3ccc4c(c3)CCN4S(C)(=O)=O)n2)cc1OC. The Labute approximate surface area is 184 Å². The molecule has 0 bridgehead atoms. The Morgan fingerprint density at radius 3 is 2.61 bits per heavy atom. The van der Waals surface area contributed by atoms with E-state index in [1.165, 1.54) is 21.9 Å². The van der Waals surface area contributed by atoms with E-state index < -0.39 is 10.0 Å². The highest BCUT2D eigenvalue weighted by Crippen LogP contribution is 2.34. The first-order chi connectivity index (χ1) is 14.8. The fourth-order valence-corrected chi connectivity index (χ4v) is 5.16. The van der Waals surface area contributed by atoms with E-state index in [4.69, 9.17) is 9.47 Å². The Morgan fingerprint density at radius 1 is 1.13 bits per heavy atom. The molecule has 1 N–H and O–H groups in total. The third kappa shape index (κ3) is 4.21. The standard InChI is InChI=1S/C21H21N3O5S2/c1-28-18-7-5-13(11-19(18)29-2)16-12-30-21(22-16)23-20(25)15-4-6-17-14(10-15)8-9-24(17)31(3,26)27/h4-7,10-12H,8-9H2,1-3H3,(H,22,23,25). The molecule has 0 saturated carbocycles. The number of thiazole rings is 1. The molecule has 0 aliphatic carbocycles. The van der Waals surface area contributed by atoms with E-state index in [1.54, 1.807) is 38.5 Å². The number of hydrogen-bond acceptors (Lipinski definition) is 7. The summed E-state index contributed by atoms with van der Waals surface area (Å²) in [5.74, 6) is 0.926. The van der Waals surface area contributed by atoms with Gasteiger partial charge in [-0.25, -0.2) is 13.4 Å². The van der Waals surface area contributed by atoms with Crippen LogP contribution in [0.3, 0.4) is 0 Å². The molecule has 1 amide bonds. The van der Waals surface area contributed by atoms with Crippen LogP contribution in [0, 0.1) is 0 Å². The van der Waals surface area contributed by atoms with Gasteiger partial charge in [0.1, 0.15) is 0 Å². The first-order valence-electron chi connectivity index (χ1n) is 9.40. The minimum absolute atomic E-state index is 0.297. The van der Waals surface area contributed by atoms with E-state index in [-0.39, 0.29) is 5.91 Å². The Morgan fingerprint density at radius 2 is 1.90 bits per heavy atom. The van der Waals surface area contributed by atoms with Crippen LogP contribution in [0.15, 0.2) is 41.8 Å². The zero-order valence-electron chi connectivity index (χ0n) is 17.2. The van der Waals surface area contributed by atoms with Gasteiger partial charge >= 0.3 is 0 Å². The van der Waals surface area contributed by atoms with Crippen molar-refractivity contribution in [3.05, 3.63) is 52.9 Å². The van der Waals surface area contributed by atoms with Gasteiger partial charge in [-0.15, -0.1) is 11.3 Å². The molecule has 162 valence electrons. The Bertz CT molecular complexity index is 1250. The summed E-state index contributed by atoms with van der Waals surface area (Å²) in [6.45, 7) is 0.389. The van der Waals surface area contributed by atoms with Crippen LogP contribution in [-0.2, 0) is 16.4 Å². The maximum atomic E-state index is 12.7. The molecule has 31 heavy (non-hydrogen) atoms. The summed E-state index contributed by atoms with van der Waals surface area (Å²) in [7, 11) is -0.179. The van der Waals surface area contributed by atoms with Crippen molar-refractivity contribution >= 4 is 38.1 Å². The van der Waals surface area contributed by atoms with Gasteiger partial charge in [0.15, 0.2) is 16.6 Å². The highest BCUT2D eigenvalue weighted by Gasteiger charge is 2.26. The fraction of sp³-hybridized carbons (Fsp3) is 0.238. The predicted octanol–water partition coefficient (Wildman–Crippen LogP) is 3.40. The quantitative estimate of drug-likeness (QED) is 0.607. The predicted molar refractivity (Wildman–Crippen MR) is 121 cm³/mol. The molecule has 3 aromatic rings. The van der Waals surface area contributed by atoms with Gasteiger partial charge in [0.25, 0.3) is 5.91 Å². The molecule has 0 atom stereocenters. The molecule has 0 radical (unpaired) electrons. The van der Waals surface area contributed by atoms with Gasteiger partial charge < -0.3 is 9.47 Å². The lowest BCUT2D eigenvalue weighted by Crippen LogP contribution is -2.27. The fourth-order valence-electron chi connectivity index (χ4n) is 3.49. The third-order valence-corrected chi connectivity index (χ3v) is 6.94. The van der Waals surface area contributed by atoms with E-state index in [1.807, 2.05) is 17.5 Å². The number of ether oxygens (including phenoxy) is 2. The lowest BCUT2D eigenvalue weighted by atomic mass is 10.1. The Kier molecular flexibility index (Phi) is 5.59. The molecule has 0 unspecified atom stereocenters. The number of benzene rings is 2. The highest BCUT2D eigenvalue weighted by atomic mass is 32.2. The number of anilines is 2. The van der Waals surface area contributed by atoms with Gasteiger partial charge in [-0.05, 0) is 48.4 Å². The van der Waals surface area contributed by atoms with Crippen molar-refractivity contribution in [3.8, 4) is 22.8 Å². The van der Waals surface area contributed by atoms with E-state index in [0.717, 1.165) is 11.1 Å². The lowest BCUT2D eigenvalue weighted by molar-refractivity contribution is 0.102. The average Bonchev–Trinajstić information content (AvgIpc) is 3.39. The minimum atomic E-state index is -3.32. The monoisotopic (exact) mass is 459 g/mol. The molecule has 0 spiro atoms. The van der Waals surface area contributed by atoms with Gasteiger partial charge in [0.2, 0.25) is 10.0 Å². The smallest absolute Gasteiger partial charge is 0.257 e. The van der Waals surface area contributed by atoms with Crippen LogP contribution in [0.2, 0.25) is 0 Å². The molecular formula is C21H21N3O5S2. The summed E-state index contributed by atoms with van der Waals surface area (Å²) < 4.78 is 35.7. The van der Waals surface area contributed by atoms with Crippen molar-refractivity contribution in [1.82, 2.24) is 4.98 Å². The van der Waals surface area contributed by atoms with E-state index in [0.29, 0.717) is 46.5 Å². The number of nitrogens with one attached hydrogen (secondary N) is 1. The van der Waals surface area contributed by atoms with Crippen molar-refractivity contribution in [1.29, 1.82) is 0 Å². The van der Waals surface area contributed by atoms with E-state index in [9.17, 15) is 13.2 Å². The van der Waals surface area contributed by atoms with Crippen molar-refractivity contribution < 1.29 is 22.7 Å². The molecule has 4 rings (SSSR count). The zero-order chi connectivity index (χ0) is 22.2. The van der Waals surface area contributed by atoms with Crippen molar-refractivity contribution in [2.24, 2.45) is 0 Å². The Balaban J connectivity index is 1.51. The summed E-state index contributed by atoms with van der Waals surface area (Å²) in [5.41, 5.74) is 3.47. The molecule has 2 aromatic carbocycles. The van der Waals surface area contributed by atoms with Gasteiger partial charge in [0, 0.05) is 23.1 Å². The van der Waals surface area contributed by atoms with Crippen molar-refractivity contribution in [2.75, 3.05) is 36.6 Å². The average molecular weight is 460 g/mol. The second-order valence-corrected chi connectivity index (χ2v) is 9.76. The lowest BCUT2D eigenvalue weighted by Gasteiger charge is -2.16.